The maximum atomic E-state index is 6.10. The van der Waals surface area contributed by atoms with Crippen LogP contribution in [0.1, 0.15) is 24.5 Å². The van der Waals surface area contributed by atoms with Crippen molar-refractivity contribution in [1.29, 1.82) is 0 Å². The first-order valence-electron chi connectivity index (χ1n) is 7.23. The van der Waals surface area contributed by atoms with Crippen LogP contribution in [0.3, 0.4) is 0 Å². The highest BCUT2D eigenvalue weighted by Crippen LogP contribution is 2.29. The van der Waals surface area contributed by atoms with Gasteiger partial charge in [0.1, 0.15) is 12.4 Å². The number of nitrogens with zero attached hydrogens (tertiary/aromatic N) is 2. The second-order valence-corrected chi connectivity index (χ2v) is 6.15. The van der Waals surface area contributed by atoms with E-state index in [0.717, 1.165) is 35.2 Å². The molecule has 1 aromatic carbocycles. The second-order valence-electron chi connectivity index (χ2n) is 5.23. The first kappa shape index (κ1) is 16.0. The Hall–Kier alpha value is -1.33. The summed E-state index contributed by atoms with van der Waals surface area (Å²) in [5.41, 5.74) is 8.40. The lowest BCUT2D eigenvalue weighted by Crippen LogP contribution is -2.22. The van der Waals surface area contributed by atoms with Crippen LogP contribution in [-0.2, 0) is 13.0 Å². The number of imidazole rings is 1. The van der Waals surface area contributed by atoms with Gasteiger partial charge in [-0.15, -0.1) is 0 Å². The Balaban J connectivity index is 2.08. The van der Waals surface area contributed by atoms with E-state index in [1.165, 1.54) is 5.56 Å². The number of halogens is 1. The number of hydrogen-bond acceptors (Lipinski definition) is 3. The standard InChI is InChI=1S/C16H22BrN3O/c1-3-15(18)10-13-9-14(17)8-12(2)16(13)21-7-6-20-5-4-19-11-20/h4-5,8-9,11,15H,3,6-7,10,18H2,1-2H3. The fourth-order valence-electron chi connectivity index (χ4n) is 2.26. The van der Waals surface area contributed by atoms with Gasteiger partial charge in [0, 0.05) is 22.9 Å². The predicted molar refractivity (Wildman–Crippen MR) is 88.6 cm³/mol. The molecule has 2 N–H and O–H groups in total. The quantitative estimate of drug-likeness (QED) is 0.832. The van der Waals surface area contributed by atoms with Crippen LogP contribution >= 0.6 is 15.9 Å². The average molecular weight is 352 g/mol. The van der Waals surface area contributed by atoms with Crippen molar-refractivity contribution in [1.82, 2.24) is 9.55 Å². The Morgan fingerprint density at radius 1 is 1.43 bits per heavy atom. The van der Waals surface area contributed by atoms with Crippen molar-refractivity contribution < 1.29 is 4.74 Å². The Morgan fingerprint density at radius 2 is 2.24 bits per heavy atom. The van der Waals surface area contributed by atoms with Gasteiger partial charge in [-0.05, 0) is 43.0 Å². The third-order valence-corrected chi connectivity index (χ3v) is 3.94. The highest BCUT2D eigenvalue weighted by Gasteiger charge is 2.12. The van der Waals surface area contributed by atoms with Gasteiger partial charge in [-0.25, -0.2) is 4.98 Å². The molecule has 0 aliphatic heterocycles. The first-order chi connectivity index (χ1) is 10.1. The maximum absolute atomic E-state index is 6.10. The summed E-state index contributed by atoms with van der Waals surface area (Å²) >= 11 is 3.55. The molecule has 0 fully saturated rings. The van der Waals surface area contributed by atoms with Crippen LogP contribution in [0.2, 0.25) is 0 Å². The third kappa shape index (κ3) is 4.58. The van der Waals surface area contributed by atoms with E-state index < -0.39 is 0 Å². The van der Waals surface area contributed by atoms with Crippen LogP contribution in [0.25, 0.3) is 0 Å². The summed E-state index contributed by atoms with van der Waals surface area (Å²) in [5.74, 6) is 0.960. The van der Waals surface area contributed by atoms with Crippen molar-refractivity contribution in [3.8, 4) is 5.75 Å². The molecule has 0 aliphatic rings. The molecule has 1 aromatic heterocycles. The number of hydrogen-bond donors (Lipinski definition) is 1. The van der Waals surface area contributed by atoms with E-state index in [4.69, 9.17) is 10.5 Å². The minimum Gasteiger partial charge on any atom is -0.491 e. The van der Waals surface area contributed by atoms with Crippen molar-refractivity contribution in [3.63, 3.8) is 0 Å². The fraction of sp³-hybridized carbons (Fsp3) is 0.438. The van der Waals surface area contributed by atoms with Crippen molar-refractivity contribution >= 4 is 15.9 Å². The van der Waals surface area contributed by atoms with Gasteiger partial charge in [-0.3, -0.25) is 0 Å². The molecule has 0 saturated heterocycles. The Morgan fingerprint density at radius 3 is 2.90 bits per heavy atom. The Labute approximate surface area is 134 Å². The van der Waals surface area contributed by atoms with E-state index in [0.29, 0.717) is 6.61 Å². The molecule has 2 aromatic rings. The van der Waals surface area contributed by atoms with Gasteiger partial charge in [-0.2, -0.15) is 0 Å². The minimum atomic E-state index is 0.162. The molecule has 1 unspecified atom stereocenters. The van der Waals surface area contributed by atoms with Crippen molar-refractivity contribution in [2.75, 3.05) is 6.61 Å². The molecule has 2 rings (SSSR count). The van der Waals surface area contributed by atoms with E-state index in [1.807, 2.05) is 10.8 Å². The zero-order valence-corrected chi connectivity index (χ0v) is 14.1. The summed E-state index contributed by atoms with van der Waals surface area (Å²) in [6.07, 6.45) is 7.30. The summed E-state index contributed by atoms with van der Waals surface area (Å²) in [6.45, 7) is 5.58. The second kappa shape index (κ2) is 7.61. The van der Waals surface area contributed by atoms with Crippen LogP contribution < -0.4 is 10.5 Å². The molecular formula is C16H22BrN3O. The summed E-state index contributed by atoms with van der Waals surface area (Å²) < 4.78 is 9.09. The Bertz CT molecular complexity index is 569. The maximum Gasteiger partial charge on any atom is 0.125 e. The number of aromatic nitrogens is 2. The minimum absolute atomic E-state index is 0.162. The highest BCUT2D eigenvalue weighted by atomic mass is 79.9. The molecule has 0 saturated carbocycles. The van der Waals surface area contributed by atoms with Crippen LogP contribution in [0.4, 0.5) is 0 Å². The normalized spacial score (nSPS) is 12.4. The predicted octanol–water partition coefficient (Wildman–Crippen LogP) is 3.31. The van der Waals surface area contributed by atoms with E-state index in [1.54, 1.807) is 12.5 Å². The summed E-state index contributed by atoms with van der Waals surface area (Å²) in [5, 5.41) is 0. The lowest BCUT2D eigenvalue weighted by Gasteiger charge is -2.17. The van der Waals surface area contributed by atoms with Crippen molar-refractivity contribution in [3.05, 3.63) is 46.5 Å². The van der Waals surface area contributed by atoms with Gasteiger partial charge in [-0.1, -0.05) is 22.9 Å². The smallest absolute Gasteiger partial charge is 0.125 e. The summed E-state index contributed by atoms with van der Waals surface area (Å²) in [6, 6.07) is 4.34. The molecule has 0 radical (unpaired) electrons. The monoisotopic (exact) mass is 351 g/mol. The van der Waals surface area contributed by atoms with Crippen LogP contribution in [0.5, 0.6) is 5.75 Å². The molecule has 1 heterocycles. The summed E-state index contributed by atoms with van der Waals surface area (Å²) in [4.78, 5) is 4.03. The lowest BCUT2D eigenvalue weighted by molar-refractivity contribution is 0.293. The molecule has 0 amide bonds. The van der Waals surface area contributed by atoms with Gasteiger partial charge < -0.3 is 15.0 Å². The zero-order valence-electron chi connectivity index (χ0n) is 12.6. The Kier molecular flexibility index (Phi) is 5.82. The van der Waals surface area contributed by atoms with E-state index >= 15 is 0 Å². The number of aryl methyl sites for hydroxylation is 1. The average Bonchev–Trinajstić information content (AvgIpc) is 2.94. The molecule has 5 heteroatoms. The van der Waals surface area contributed by atoms with E-state index in [-0.39, 0.29) is 6.04 Å². The van der Waals surface area contributed by atoms with Gasteiger partial charge >= 0.3 is 0 Å². The molecule has 114 valence electrons. The largest absolute Gasteiger partial charge is 0.491 e. The highest BCUT2D eigenvalue weighted by molar-refractivity contribution is 9.10. The van der Waals surface area contributed by atoms with Crippen molar-refractivity contribution in [2.45, 2.75) is 39.3 Å². The first-order valence-corrected chi connectivity index (χ1v) is 8.02. The number of rotatable bonds is 7. The zero-order chi connectivity index (χ0) is 15.2. The fourth-order valence-corrected chi connectivity index (χ4v) is 2.88. The molecule has 0 bridgehead atoms. The van der Waals surface area contributed by atoms with Gasteiger partial charge in [0.25, 0.3) is 0 Å². The van der Waals surface area contributed by atoms with Crippen molar-refractivity contribution in [2.24, 2.45) is 5.73 Å². The lowest BCUT2D eigenvalue weighted by atomic mass is 10.0. The van der Waals surface area contributed by atoms with Gasteiger partial charge in [0.2, 0.25) is 0 Å². The van der Waals surface area contributed by atoms with E-state index in [2.05, 4.69) is 46.9 Å². The molecule has 0 aliphatic carbocycles. The SMILES string of the molecule is CCC(N)Cc1cc(Br)cc(C)c1OCCn1ccnc1. The topological polar surface area (TPSA) is 53.1 Å². The van der Waals surface area contributed by atoms with Gasteiger partial charge in [0.05, 0.1) is 12.9 Å². The molecular weight excluding hydrogens is 330 g/mol. The van der Waals surface area contributed by atoms with Crippen LogP contribution in [0, 0.1) is 6.92 Å². The number of nitrogens with two attached hydrogens (primary N) is 1. The number of benzene rings is 1. The van der Waals surface area contributed by atoms with Crippen LogP contribution in [0.15, 0.2) is 35.3 Å². The third-order valence-electron chi connectivity index (χ3n) is 3.48. The number of ether oxygens (including phenoxy) is 1. The molecule has 0 spiro atoms. The van der Waals surface area contributed by atoms with E-state index in [9.17, 15) is 0 Å². The molecule has 1 atom stereocenters. The van der Waals surface area contributed by atoms with Crippen LogP contribution in [-0.4, -0.2) is 22.2 Å². The summed E-state index contributed by atoms with van der Waals surface area (Å²) in [7, 11) is 0. The molecule has 4 nitrogen and oxygen atoms in total. The molecule has 21 heavy (non-hydrogen) atoms. The van der Waals surface area contributed by atoms with Gasteiger partial charge in [0.15, 0.2) is 0 Å².